The summed E-state index contributed by atoms with van der Waals surface area (Å²) in [5, 5.41) is 12.0. The van der Waals surface area contributed by atoms with E-state index >= 15 is 0 Å². The van der Waals surface area contributed by atoms with E-state index in [1.54, 1.807) is 38.1 Å². The third-order valence-corrected chi connectivity index (χ3v) is 2.00. The molecule has 1 aromatic rings. The highest BCUT2D eigenvalue weighted by Crippen LogP contribution is 2.19. The van der Waals surface area contributed by atoms with Crippen molar-refractivity contribution in [2.45, 2.75) is 19.4 Å². The SMILES string of the molecule is CC(C)(O)CNC(=O)COc1ccccc1N. The van der Waals surface area contributed by atoms with Crippen molar-refractivity contribution in [3.63, 3.8) is 0 Å². The predicted molar refractivity (Wildman–Crippen MR) is 65.7 cm³/mol. The lowest BCUT2D eigenvalue weighted by molar-refractivity contribution is -0.124. The zero-order valence-electron chi connectivity index (χ0n) is 10.1. The van der Waals surface area contributed by atoms with Gasteiger partial charge in [0.25, 0.3) is 5.91 Å². The highest BCUT2D eigenvalue weighted by molar-refractivity contribution is 5.77. The summed E-state index contributed by atoms with van der Waals surface area (Å²) in [7, 11) is 0. The van der Waals surface area contributed by atoms with E-state index in [2.05, 4.69) is 5.32 Å². The number of nitrogens with two attached hydrogens (primary N) is 1. The minimum Gasteiger partial charge on any atom is -0.482 e. The van der Waals surface area contributed by atoms with Crippen LogP contribution in [0.4, 0.5) is 5.69 Å². The van der Waals surface area contributed by atoms with E-state index in [9.17, 15) is 9.90 Å². The van der Waals surface area contributed by atoms with Crippen molar-refractivity contribution in [3.8, 4) is 5.75 Å². The minimum atomic E-state index is -0.929. The summed E-state index contributed by atoms with van der Waals surface area (Å²) in [4.78, 5) is 11.4. The Morgan fingerprint density at radius 2 is 2.12 bits per heavy atom. The van der Waals surface area contributed by atoms with Crippen molar-refractivity contribution in [1.29, 1.82) is 0 Å². The number of carbonyl (C=O) groups is 1. The summed E-state index contributed by atoms with van der Waals surface area (Å²) in [6.07, 6.45) is 0. The van der Waals surface area contributed by atoms with E-state index < -0.39 is 5.60 Å². The normalized spacial score (nSPS) is 11.0. The molecule has 0 heterocycles. The molecular formula is C12H18N2O3. The maximum atomic E-state index is 11.4. The number of hydrogen-bond acceptors (Lipinski definition) is 4. The number of carbonyl (C=O) groups excluding carboxylic acids is 1. The van der Waals surface area contributed by atoms with E-state index in [0.29, 0.717) is 11.4 Å². The fourth-order valence-electron chi connectivity index (χ4n) is 1.12. The highest BCUT2D eigenvalue weighted by Gasteiger charge is 2.14. The van der Waals surface area contributed by atoms with Gasteiger partial charge in [-0.25, -0.2) is 0 Å². The first-order chi connectivity index (χ1) is 7.88. The Morgan fingerprint density at radius 1 is 1.47 bits per heavy atom. The maximum absolute atomic E-state index is 11.4. The highest BCUT2D eigenvalue weighted by atomic mass is 16.5. The van der Waals surface area contributed by atoms with Crippen molar-refractivity contribution in [2.75, 3.05) is 18.9 Å². The first-order valence-electron chi connectivity index (χ1n) is 5.35. The molecule has 5 nitrogen and oxygen atoms in total. The van der Waals surface area contributed by atoms with Crippen molar-refractivity contribution in [3.05, 3.63) is 24.3 Å². The Bertz CT molecular complexity index is 386. The second-order valence-electron chi connectivity index (χ2n) is 4.42. The fourth-order valence-corrected chi connectivity index (χ4v) is 1.12. The van der Waals surface area contributed by atoms with Crippen molar-refractivity contribution in [1.82, 2.24) is 5.32 Å². The van der Waals surface area contributed by atoms with Crippen LogP contribution in [0.25, 0.3) is 0 Å². The number of nitrogen functional groups attached to an aromatic ring is 1. The van der Waals surface area contributed by atoms with E-state index in [4.69, 9.17) is 10.5 Å². The summed E-state index contributed by atoms with van der Waals surface area (Å²) in [5.41, 5.74) is 5.21. The summed E-state index contributed by atoms with van der Waals surface area (Å²) in [6.45, 7) is 3.29. The molecule has 0 bridgehead atoms. The van der Waals surface area contributed by atoms with E-state index in [-0.39, 0.29) is 19.1 Å². The Hall–Kier alpha value is -1.75. The average Bonchev–Trinajstić information content (AvgIpc) is 2.24. The van der Waals surface area contributed by atoms with Crippen LogP contribution in [-0.2, 0) is 4.79 Å². The lowest BCUT2D eigenvalue weighted by Crippen LogP contribution is -2.40. The molecule has 0 saturated carbocycles. The second-order valence-corrected chi connectivity index (χ2v) is 4.42. The van der Waals surface area contributed by atoms with Crippen LogP contribution in [0.2, 0.25) is 0 Å². The van der Waals surface area contributed by atoms with Crippen LogP contribution in [0.3, 0.4) is 0 Å². The number of ether oxygens (including phenoxy) is 1. The first kappa shape index (κ1) is 13.3. The van der Waals surface area contributed by atoms with Crippen molar-refractivity contribution in [2.24, 2.45) is 0 Å². The molecule has 0 aliphatic rings. The number of anilines is 1. The van der Waals surface area contributed by atoms with Gasteiger partial charge in [-0.3, -0.25) is 4.79 Å². The van der Waals surface area contributed by atoms with Crippen LogP contribution >= 0.6 is 0 Å². The number of aliphatic hydroxyl groups is 1. The van der Waals surface area contributed by atoms with E-state index in [1.165, 1.54) is 0 Å². The lowest BCUT2D eigenvalue weighted by Gasteiger charge is -2.17. The molecule has 0 spiro atoms. The largest absolute Gasteiger partial charge is 0.482 e. The van der Waals surface area contributed by atoms with Gasteiger partial charge in [0, 0.05) is 6.54 Å². The topological polar surface area (TPSA) is 84.6 Å². The molecule has 0 atom stereocenters. The summed E-state index contributed by atoms with van der Waals surface area (Å²) in [6, 6.07) is 6.96. The van der Waals surface area contributed by atoms with Crippen molar-refractivity contribution >= 4 is 11.6 Å². The molecule has 17 heavy (non-hydrogen) atoms. The summed E-state index contributed by atoms with van der Waals surface area (Å²) < 4.78 is 5.25. The monoisotopic (exact) mass is 238 g/mol. The van der Waals surface area contributed by atoms with Gasteiger partial charge >= 0.3 is 0 Å². The Balaban J connectivity index is 2.36. The molecule has 0 aromatic heterocycles. The van der Waals surface area contributed by atoms with E-state index in [0.717, 1.165) is 0 Å². The van der Waals surface area contributed by atoms with Gasteiger partial charge in [0.2, 0.25) is 0 Å². The molecule has 5 heteroatoms. The Labute approximate surface area is 101 Å². The molecular weight excluding hydrogens is 220 g/mol. The maximum Gasteiger partial charge on any atom is 0.258 e. The smallest absolute Gasteiger partial charge is 0.258 e. The van der Waals surface area contributed by atoms with Crippen LogP contribution in [-0.4, -0.2) is 29.8 Å². The minimum absolute atomic E-state index is 0.121. The van der Waals surface area contributed by atoms with Crippen LogP contribution in [0.15, 0.2) is 24.3 Å². The number of para-hydroxylation sites is 2. The zero-order valence-corrected chi connectivity index (χ0v) is 10.1. The van der Waals surface area contributed by atoms with Gasteiger partial charge in [-0.1, -0.05) is 12.1 Å². The number of nitrogens with one attached hydrogen (secondary N) is 1. The Morgan fingerprint density at radius 3 is 2.71 bits per heavy atom. The number of hydrogen-bond donors (Lipinski definition) is 3. The zero-order chi connectivity index (χ0) is 12.9. The molecule has 4 N–H and O–H groups in total. The van der Waals surface area contributed by atoms with Crippen molar-refractivity contribution < 1.29 is 14.6 Å². The van der Waals surface area contributed by atoms with E-state index in [1.807, 2.05) is 0 Å². The van der Waals surface area contributed by atoms with Gasteiger partial charge < -0.3 is 20.9 Å². The van der Waals surface area contributed by atoms with Gasteiger partial charge in [0.05, 0.1) is 11.3 Å². The van der Waals surface area contributed by atoms with Gasteiger partial charge in [0.1, 0.15) is 5.75 Å². The summed E-state index contributed by atoms with van der Waals surface area (Å²) >= 11 is 0. The first-order valence-corrected chi connectivity index (χ1v) is 5.35. The molecule has 94 valence electrons. The van der Waals surface area contributed by atoms with Crippen LogP contribution in [0.1, 0.15) is 13.8 Å². The molecule has 0 unspecified atom stereocenters. The second kappa shape index (κ2) is 5.54. The molecule has 1 rings (SSSR count). The number of rotatable bonds is 5. The molecule has 0 aliphatic carbocycles. The molecule has 0 fully saturated rings. The van der Waals surface area contributed by atoms with Crippen LogP contribution in [0, 0.1) is 0 Å². The quantitative estimate of drug-likeness (QED) is 0.653. The van der Waals surface area contributed by atoms with Gasteiger partial charge in [-0.2, -0.15) is 0 Å². The van der Waals surface area contributed by atoms with Crippen LogP contribution < -0.4 is 15.8 Å². The lowest BCUT2D eigenvalue weighted by atomic mass is 10.1. The molecule has 0 saturated heterocycles. The number of amides is 1. The van der Waals surface area contributed by atoms with Crippen LogP contribution in [0.5, 0.6) is 5.75 Å². The fraction of sp³-hybridized carbons (Fsp3) is 0.417. The predicted octanol–water partition coefficient (Wildman–Crippen LogP) is 0.535. The average molecular weight is 238 g/mol. The number of benzene rings is 1. The third kappa shape index (κ3) is 5.21. The molecule has 1 aromatic carbocycles. The summed E-state index contributed by atoms with van der Waals surface area (Å²) in [5.74, 6) is 0.182. The van der Waals surface area contributed by atoms with Gasteiger partial charge in [0.15, 0.2) is 6.61 Å². The van der Waals surface area contributed by atoms with Gasteiger partial charge in [-0.05, 0) is 26.0 Å². The molecule has 0 aliphatic heterocycles. The molecule has 0 radical (unpaired) electrons. The molecule has 1 amide bonds. The van der Waals surface area contributed by atoms with Gasteiger partial charge in [-0.15, -0.1) is 0 Å². The Kier molecular flexibility index (Phi) is 4.34. The third-order valence-electron chi connectivity index (χ3n) is 2.00. The standard InChI is InChI=1S/C12H18N2O3/c1-12(2,16)8-14-11(15)7-17-10-6-4-3-5-9(10)13/h3-6,16H,7-8,13H2,1-2H3,(H,14,15).